The second-order valence-electron chi connectivity index (χ2n) is 8.12. The third-order valence-corrected chi connectivity index (χ3v) is 6.33. The largest absolute Gasteiger partial charge is 0.466 e. The van der Waals surface area contributed by atoms with E-state index in [1.54, 1.807) is 6.08 Å². The van der Waals surface area contributed by atoms with Crippen molar-refractivity contribution in [2.45, 2.75) is 59.7 Å². The Morgan fingerprint density at radius 3 is 2.50 bits per heavy atom. The minimum absolute atomic E-state index is 0.267. The van der Waals surface area contributed by atoms with Crippen molar-refractivity contribution in [2.75, 3.05) is 7.11 Å². The first-order chi connectivity index (χ1) is 12.4. The highest BCUT2D eigenvalue weighted by Gasteiger charge is 2.53. The van der Waals surface area contributed by atoms with Crippen LogP contribution in [0.15, 0.2) is 42.5 Å². The van der Waals surface area contributed by atoms with Crippen LogP contribution in [0.5, 0.6) is 0 Å². The molecule has 0 aromatic heterocycles. The van der Waals surface area contributed by atoms with Crippen molar-refractivity contribution in [1.82, 2.24) is 0 Å². The molecular weight excluding hydrogens is 324 g/mol. The summed E-state index contributed by atoms with van der Waals surface area (Å²) in [5.74, 6) is 1.62. The Hall–Kier alpha value is -1.61. The molecule has 0 amide bonds. The van der Waals surface area contributed by atoms with Crippen LogP contribution in [0.25, 0.3) is 0 Å². The number of carbonyl (C=O) groups is 1. The van der Waals surface area contributed by atoms with E-state index in [-0.39, 0.29) is 11.4 Å². The van der Waals surface area contributed by atoms with Gasteiger partial charge >= 0.3 is 5.97 Å². The number of allylic oxidation sites excluding steroid dienone is 1. The molecule has 0 radical (unpaired) electrons. The number of hydrogen-bond donors (Lipinski definition) is 0. The lowest BCUT2D eigenvalue weighted by atomic mass is 9.47. The average Bonchev–Trinajstić information content (AvgIpc) is 2.65. The lowest BCUT2D eigenvalue weighted by Gasteiger charge is -2.58. The van der Waals surface area contributed by atoms with Crippen LogP contribution in [0.4, 0.5) is 0 Å². The van der Waals surface area contributed by atoms with Crippen LogP contribution in [-0.4, -0.2) is 19.2 Å². The van der Waals surface area contributed by atoms with Crippen LogP contribution in [0.2, 0.25) is 0 Å². The van der Waals surface area contributed by atoms with Gasteiger partial charge < -0.3 is 9.47 Å². The van der Waals surface area contributed by atoms with E-state index in [9.17, 15) is 4.79 Å². The molecule has 26 heavy (non-hydrogen) atoms. The predicted octanol–water partition coefficient (Wildman–Crippen LogP) is 5.40. The Morgan fingerprint density at radius 2 is 1.92 bits per heavy atom. The second kappa shape index (κ2) is 9.36. The highest BCUT2D eigenvalue weighted by Crippen LogP contribution is 2.59. The van der Waals surface area contributed by atoms with Gasteiger partial charge in [0.05, 0.1) is 19.8 Å². The van der Waals surface area contributed by atoms with E-state index in [1.165, 1.54) is 12.7 Å². The van der Waals surface area contributed by atoms with Gasteiger partial charge in [-0.2, -0.15) is 0 Å². The number of carbonyl (C=O) groups excluding carboxylic acids is 1. The fourth-order valence-electron chi connectivity index (χ4n) is 4.63. The Kier molecular flexibility index (Phi) is 7.45. The Bertz CT molecular complexity index is 591. The van der Waals surface area contributed by atoms with Crippen molar-refractivity contribution in [1.29, 1.82) is 0 Å². The van der Waals surface area contributed by atoms with Gasteiger partial charge in [-0.25, -0.2) is 4.79 Å². The highest BCUT2D eigenvalue weighted by atomic mass is 16.5. The van der Waals surface area contributed by atoms with Gasteiger partial charge in [-0.05, 0) is 48.0 Å². The Morgan fingerprint density at radius 1 is 1.23 bits per heavy atom. The zero-order chi connectivity index (χ0) is 19.2. The average molecular weight is 359 g/mol. The minimum atomic E-state index is -0.272. The number of methoxy groups -OCH3 is 1. The molecule has 0 saturated heterocycles. The molecule has 2 rings (SSSR count). The third kappa shape index (κ3) is 4.97. The van der Waals surface area contributed by atoms with Crippen LogP contribution in [0, 0.1) is 23.2 Å². The van der Waals surface area contributed by atoms with Gasteiger partial charge in [-0.15, -0.1) is 0 Å². The van der Waals surface area contributed by atoms with Gasteiger partial charge in [-0.1, -0.05) is 64.1 Å². The van der Waals surface area contributed by atoms with Crippen molar-refractivity contribution >= 4 is 5.97 Å². The van der Waals surface area contributed by atoms with E-state index >= 15 is 0 Å². The fourth-order valence-corrected chi connectivity index (χ4v) is 4.63. The summed E-state index contributed by atoms with van der Waals surface area (Å²) in [5.41, 5.74) is 1.50. The molecule has 0 bridgehead atoms. The lowest BCUT2D eigenvalue weighted by molar-refractivity contribution is -0.135. The summed E-state index contributed by atoms with van der Waals surface area (Å²) in [6.07, 6.45) is 6.89. The molecule has 1 saturated carbocycles. The van der Waals surface area contributed by atoms with E-state index in [2.05, 4.69) is 56.7 Å². The minimum Gasteiger partial charge on any atom is -0.466 e. The Balaban J connectivity index is 1.87. The van der Waals surface area contributed by atoms with Gasteiger partial charge in [0, 0.05) is 6.08 Å². The van der Waals surface area contributed by atoms with Crippen molar-refractivity contribution in [2.24, 2.45) is 23.2 Å². The van der Waals surface area contributed by atoms with Crippen LogP contribution >= 0.6 is 0 Å². The van der Waals surface area contributed by atoms with Crippen LogP contribution in [0.1, 0.15) is 52.5 Å². The van der Waals surface area contributed by atoms with Crippen molar-refractivity contribution in [3.05, 3.63) is 48.0 Å². The van der Waals surface area contributed by atoms with Gasteiger partial charge in [0.15, 0.2) is 0 Å². The zero-order valence-corrected chi connectivity index (χ0v) is 16.9. The molecule has 1 aromatic rings. The van der Waals surface area contributed by atoms with E-state index in [4.69, 9.17) is 4.74 Å². The second-order valence-corrected chi connectivity index (χ2v) is 8.12. The van der Waals surface area contributed by atoms with Crippen LogP contribution < -0.4 is 0 Å². The SMILES string of the molecule is CCC(CC1C(C)C(CC=CC(=O)OC)C1(C)C)OCc1ccccc1. The highest BCUT2D eigenvalue weighted by molar-refractivity contribution is 5.81. The molecule has 0 spiro atoms. The quantitative estimate of drug-likeness (QED) is 0.438. The predicted molar refractivity (Wildman–Crippen MR) is 106 cm³/mol. The molecule has 4 unspecified atom stereocenters. The molecule has 144 valence electrons. The van der Waals surface area contributed by atoms with Gasteiger partial charge in [0.1, 0.15) is 0 Å². The molecule has 0 heterocycles. The normalized spacial score (nSPS) is 25.7. The molecule has 1 aromatic carbocycles. The monoisotopic (exact) mass is 358 g/mol. The van der Waals surface area contributed by atoms with E-state index in [1.807, 2.05) is 12.1 Å². The van der Waals surface area contributed by atoms with E-state index in [0.717, 1.165) is 19.3 Å². The van der Waals surface area contributed by atoms with Crippen molar-refractivity contribution in [3.8, 4) is 0 Å². The zero-order valence-electron chi connectivity index (χ0n) is 16.9. The fraction of sp³-hybridized carbons (Fsp3) is 0.609. The number of ether oxygens (including phenoxy) is 2. The summed E-state index contributed by atoms with van der Waals surface area (Å²) >= 11 is 0. The van der Waals surface area contributed by atoms with Gasteiger partial charge in [0.2, 0.25) is 0 Å². The molecule has 1 fully saturated rings. The summed E-state index contributed by atoms with van der Waals surface area (Å²) < 4.78 is 10.9. The molecule has 4 atom stereocenters. The summed E-state index contributed by atoms with van der Waals surface area (Å²) in [6, 6.07) is 10.4. The molecule has 3 nitrogen and oxygen atoms in total. The first kappa shape index (κ1) is 20.7. The van der Waals surface area contributed by atoms with Gasteiger partial charge in [-0.3, -0.25) is 0 Å². The number of hydrogen-bond acceptors (Lipinski definition) is 3. The topological polar surface area (TPSA) is 35.5 Å². The van der Waals surface area contributed by atoms with E-state index in [0.29, 0.717) is 30.5 Å². The third-order valence-electron chi connectivity index (χ3n) is 6.33. The summed E-state index contributed by atoms with van der Waals surface area (Å²) in [6.45, 7) is 9.96. The standard InChI is InChI=1S/C23H34O3/c1-6-19(26-16-18-11-8-7-9-12-18)15-21-17(2)20(23(21,3)4)13-10-14-22(24)25-5/h7-12,14,17,19-21H,6,13,15-16H2,1-5H3. The first-order valence-electron chi connectivity index (χ1n) is 9.80. The van der Waals surface area contributed by atoms with Crippen molar-refractivity contribution in [3.63, 3.8) is 0 Å². The van der Waals surface area contributed by atoms with Crippen molar-refractivity contribution < 1.29 is 14.3 Å². The summed E-state index contributed by atoms with van der Waals surface area (Å²) in [7, 11) is 1.42. The number of rotatable bonds is 9. The molecule has 3 heteroatoms. The Labute approximate surface area is 158 Å². The first-order valence-corrected chi connectivity index (χ1v) is 9.80. The maximum Gasteiger partial charge on any atom is 0.330 e. The summed E-state index contributed by atoms with van der Waals surface area (Å²) in [4.78, 5) is 11.3. The smallest absolute Gasteiger partial charge is 0.330 e. The maximum absolute atomic E-state index is 11.3. The van der Waals surface area contributed by atoms with Crippen LogP contribution in [-0.2, 0) is 20.9 Å². The number of esters is 1. The molecule has 1 aliphatic rings. The lowest BCUT2D eigenvalue weighted by Crippen LogP contribution is -2.53. The van der Waals surface area contributed by atoms with E-state index < -0.39 is 0 Å². The molecule has 0 aliphatic heterocycles. The maximum atomic E-state index is 11.3. The molecule has 1 aliphatic carbocycles. The number of benzene rings is 1. The summed E-state index contributed by atoms with van der Waals surface area (Å²) in [5, 5.41) is 0. The van der Waals surface area contributed by atoms with Gasteiger partial charge in [0.25, 0.3) is 0 Å². The molecular formula is C23H34O3. The van der Waals surface area contributed by atoms with Crippen LogP contribution in [0.3, 0.4) is 0 Å². The molecule has 0 N–H and O–H groups in total.